The number of halogens is 3. The maximum Gasteiger partial charge on any atom is 0.136 e. The molecule has 1 aromatic heterocycles. The van der Waals surface area contributed by atoms with Crippen molar-refractivity contribution in [3.63, 3.8) is 0 Å². The average molecular weight is 314 g/mol. The maximum atomic E-state index is 6.20. The highest BCUT2D eigenvalue weighted by molar-refractivity contribution is 6.35. The average Bonchev–Trinajstić information content (AvgIpc) is 2.81. The predicted molar refractivity (Wildman–Crippen MR) is 78.3 cm³/mol. The molecule has 1 heterocycles. The lowest BCUT2D eigenvalue weighted by Crippen LogP contribution is -2.02. The molecule has 1 aliphatic rings. The van der Waals surface area contributed by atoms with Gasteiger partial charge in [-0.2, -0.15) is 0 Å². The number of hydrogen-bond donors (Lipinski definition) is 0. The summed E-state index contributed by atoms with van der Waals surface area (Å²) in [6.07, 6.45) is 3.65. The number of hydrogen-bond acceptors (Lipinski definition) is 2. The third kappa shape index (κ3) is 2.71. The van der Waals surface area contributed by atoms with Crippen LogP contribution in [0.5, 0.6) is 0 Å². The summed E-state index contributed by atoms with van der Waals surface area (Å²) in [5.41, 5.74) is 3.15. The van der Waals surface area contributed by atoms with Gasteiger partial charge in [0.25, 0.3) is 0 Å². The molecule has 0 radical (unpaired) electrons. The van der Waals surface area contributed by atoms with Gasteiger partial charge in [-0.3, -0.25) is 0 Å². The quantitative estimate of drug-likeness (QED) is 0.762. The van der Waals surface area contributed by atoms with Crippen LogP contribution in [0, 0.1) is 0 Å². The molecule has 19 heavy (non-hydrogen) atoms. The molecule has 0 N–H and O–H groups in total. The van der Waals surface area contributed by atoms with Crippen molar-refractivity contribution < 1.29 is 0 Å². The van der Waals surface area contributed by atoms with Crippen LogP contribution in [0.2, 0.25) is 15.2 Å². The summed E-state index contributed by atoms with van der Waals surface area (Å²) in [5, 5.41) is 1.84. The van der Waals surface area contributed by atoms with E-state index in [1.165, 1.54) is 0 Å². The second-order valence-electron chi connectivity index (χ2n) is 4.62. The third-order valence-corrected chi connectivity index (χ3v) is 4.19. The van der Waals surface area contributed by atoms with Gasteiger partial charge in [-0.1, -0.05) is 40.9 Å². The Balaban J connectivity index is 1.93. The van der Waals surface area contributed by atoms with E-state index in [9.17, 15) is 0 Å². The standard InChI is InChI=1S/C14H11Cl3N2/c15-9-5-4-8(11(16)7-9)6-13-18-12-3-1-2-10(12)14(17)19-13/h4-5,7H,1-3,6H2. The minimum atomic E-state index is 0.572. The molecule has 0 saturated carbocycles. The van der Waals surface area contributed by atoms with Crippen LogP contribution in [0.3, 0.4) is 0 Å². The normalized spacial score (nSPS) is 13.6. The highest BCUT2D eigenvalue weighted by atomic mass is 35.5. The summed E-state index contributed by atoms with van der Waals surface area (Å²) in [6.45, 7) is 0. The van der Waals surface area contributed by atoms with Crippen LogP contribution in [-0.4, -0.2) is 9.97 Å². The predicted octanol–water partition coefficient (Wildman–Crippen LogP) is 4.52. The van der Waals surface area contributed by atoms with E-state index < -0.39 is 0 Å². The van der Waals surface area contributed by atoms with Crippen LogP contribution in [0.15, 0.2) is 18.2 Å². The van der Waals surface area contributed by atoms with Gasteiger partial charge in [0.05, 0.1) is 0 Å². The Morgan fingerprint density at radius 3 is 2.68 bits per heavy atom. The number of benzene rings is 1. The summed E-state index contributed by atoms with van der Waals surface area (Å²) >= 11 is 18.2. The molecule has 0 bridgehead atoms. The maximum absolute atomic E-state index is 6.20. The SMILES string of the molecule is Clc1ccc(Cc2nc(Cl)c3c(n2)CCC3)c(Cl)c1. The molecule has 1 aromatic carbocycles. The van der Waals surface area contributed by atoms with E-state index in [0.29, 0.717) is 21.6 Å². The molecular formula is C14H11Cl3N2. The molecule has 0 aliphatic heterocycles. The van der Waals surface area contributed by atoms with Crippen molar-refractivity contribution >= 4 is 34.8 Å². The second kappa shape index (κ2) is 5.28. The molecule has 98 valence electrons. The first-order valence-electron chi connectivity index (χ1n) is 6.11. The van der Waals surface area contributed by atoms with Gasteiger partial charge in [0, 0.05) is 27.7 Å². The van der Waals surface area contributed by atoms with Crippen molar-refractivity contribution in [2.24, 2.45) is 0 Å². The van der Waals surface area contributed by atoms with Gasteiger partial charge in [-0.25, -0.2) is 9.97 Å². The summed E-state index contributed by atoms with van der Waals surface area (Å²) < 4.78 is 0. The molecule has 0 amide bonds. The summed E-state index contributed by atoms with van der Waals surface area (Å²) in [7, 11) is 0. The van der Waals surface area contributed by atoms with E-state index in [1.54, 1.807) is 6.07 Å². The first kappa shape index (κ1) is 13.2. The molecule has 5 heteroatoms. The monoisotopic (exact) mass is 312 g/mol. The Kier molecular flexibility index (Phi) is 3.66. The molecular weight excluding hydrogens is 303 g/mol. The Morgan fingerprint density at radius 1 is 1.05 bits per heavy atom. The number of nitrogens with zero attached hydrogens (tertiary/aromatic N) is 2. The smallest absolute Gasteiger partial charge is 0.136 e. The van der Waals surface area contributed by atoms with Gasteiger partial charge in [0.15, 0.2) is 0 Å². The lowest BCUT2D eigenvalue weighted by atomic mass is 10.1. The number of aromatic nitrogens is 2. The van der Waals surface area contributed by atoms with Crippen LogP contribution < -0.4 is 0 Å². The zero-order valence-corrected chi connectivity index (χ0v) is 12.4. The molecule has 1 aliphatic carbocycles. The lowest BCUT2D eigenvalue weighted by molar-refractivity contribution is 0.885. The zero-order chi connectivity index (χ0) is 13.4. The minimum Gasteiger partial charge on any atom is -0.237 e. The van der Waals surface area contributed by atoms with Crippen molar-refractivity contribution in [1.82, 2.24) is 9.97 Å². The Hall–Kier alpha value is -0.830. The fraction of sp³-hybridized carbons (Fsp3) is 0.286. The van der Waals surface area contributed by atoms with E-state index in [1.807, 2.05) is 12.1 Å². The number of aryl methyl sites for hydroxylation is 1. The van der Waals surface area contributed by atoms with Crippen molar-refractivity contribution in [1.29, 1.82) is 0 Å². The first-order chi connectivity index (χ1) is 9.13. The van der Waals surface area contributed by atoms with Crippen LogP contribution in [0.4, 0.5) is 0 Å². The molecule has 0 unspecified atom stereocenters. The van der Waals surface area contributed by atoms with Crippen molar-refractivity contribution in [2.75, 3.05) is 0 Å². The summed E-state index contributed by atoms with van der Waals surface area (Å²) in [5.74, 6) is 0.717. The molecule has 0 atom stereocenters. The Morgan fingerprint density at radius 2 is 1.89 bits per heavy atom. The van der Waals surface area contributed by atoms with Crippen LogP contribution >= 0.6 is 34.8 Å². The Bertz CT molecular complexity index is 641. The van der Waals surface area contributed by atoms with Crippen molar-refractivity contribution in [3.05, 3.63) is 56.0 Å². The zero-order valence-electron chi connectivity index (χ0n) is 10.1. The summed E-state index contributed by atoms with van der Waals surface area (Å²) in [6, 6.07) is 5.44. The van der Waals surface area contributed by atoms with Gasteiger partial charge in [0.2, 0.25) is 0 Å². The second-order valence-corrected chi connectivity index (χ2v) is 5.82. The van der Waals surface area contributed by atoms with Crippen molar-refractivity contribution in [2.45, 2.75) is 25.7 Å². The van der Waals surface area contributed by atoms with Gasteiger partial charge >= 0.3 is 0 Å². The largest absolute Gasteiger partial charge is 0.237 e. The van der Waals surface area contributed by atoms with Gasteiger partial charge in [0.1, 0.15) is 11.0 Å². The highest BCUT2D eigenvalue weighted by Crippen LogP contribution is 2.28. The lowest BCUT2D eigenvalue weighted by Gasteiger charge is -2.07. The highest BCUT2D eigenvalue weighted by Gasteiger charge is 2.18. The van der Waals surface area contributed by atoms with E-state index in [4.69, 9.17) is 34.8 Å². The molecule has 0 saturated heterocycles. The van der Waals surface area contributed by atoms with Crippen LogP contribution in [0.1, 0.15) is 29.1 Å². The molecule has 2 aromatic rings. The fourth-order valence-corrected chi connectivity index (χ4v) is 3.13. The third-order valence-electron chi connectivity index (χ3n) is 3.29. The summed E-state index contributed by atoms with van der Waals surface area (Å²) in [4.78, 5) is 8.95. The van der Waals surface area contributed by atoms with E-state index in [0.717, 1.165) is 41.9 Å². The van der Waals surface area contributed by atoms with Gasteiger partial charge in [-0.15, -0.1) is 0 Å². The first-order valence-corrected chi connectivity index (χ1v) is 7.25. The van der Waals surface area contributed by atoms with E-state index in [2.05, 4.69) is 9.97 Å². The fourth-order valence-electron chi connectivity index (χ4n) is 2.35. The molecule has 0 spiro atoms. The topological polar surface area (TPSA) is 25.8 Å². The van der Waals surface area contributed by atoms with E-state index in [-0.39, 0.29) is 0 Å². The van der Waals surface area contributed by atoms with Crippen molar-refractivity contribution in [3.8, 4) is 0 Å². The van der Waals surface area contributed by atoms with Crippen LogP contribution in [0.25, 0.3) is 0 Å². The number of fused-ring (bicyclic) bond motifs is 1. The minimum absolute atomic E-state index is 0.572. The molecule has 0 fully saturated rings. The van der Waals surface area contributed by atoms with Crippen LogP contribution in [-0.2, 0) is 19.3 Å². The van der Waals surface area contributed by atoms with Gasteiger partial charge < -0.3 is 0 Å². The van der Waals surface area contributed by atoms with E-state index >= 15 is 0 Å². The van der Waals surface area contributed by atoms with Gasteiger partial charge in [-0.05, 0) is 37.0 Å². The molecule has 2 nitrogen and oxygen atoms in total. The number of rotatable bonds is 2. The molecule has 3 rings (SSSR count). The Labute approximate surface area is 126 Å².